The van der Waals surface area contributed by atoms with Crippen LogP contribution in [0.25, 0.3) is 0 Å². The highest BCUT2D eigenvalue weighted by molar-refractivity contribution is 8.00. The van der Waals surface area contributed by atoms with Crippen molar-refractivity contribution in [2.75, 3.05) is 23.9 Å². The van der Waals surface area contributed by atoms with E-state index in [0.29, 0.717) is 23.5 Å². The fraction of sp³-hybridized carbons (Fsp3) is 0.529. The number of anilines is 1. The maximum atomic E-state index is 12.1. The lowest BCUT2D eigenvalue weighted by Crippen LogP contribution is -2.37. The summed E-state index contributed by atoms with van der Waals surface area (Å²) in [6, 6.07) is 8.00. The van der Waals surface area contributed by atoms with Crippen LogP contribution >= 0.6 is 11.8 Å². The first-order valence-corrected chi connectivity index (χ1v) is 8.82. The topological polar surface area (TPSA) is 49.4 Å². The number of thioether (sulfide) groups is 1. The molecule has 0 saturated heterocycles. The van der Waals surface area contributed by atoms with Gasteiger partial charge in [-0.3, -0.25) is 9.59 Å². The second-order valence-corrected chi connectivity index (χ2v) is 6.98. The van der Waals surface area contributed by atoms with Crippen LogP contribution in [0.1, 0.15) is 25.3 Å². The fourth-order valence-electron chi connectivity index (χ4n) is 2.29. The molecule has 1 aliphatic rings. The lowest BCUT2D eigenvalue weighted by molar-refractivity contribution is -0.129. The zero-order valence-electron chi connectivity index (χ0n) is 13.5. The predicted molar refractivity (Wildman–Crippen MR) is 92.1 cm³/mol. The molecule has 22 heavy (non-hydrogen) atoms. The lowest BCUT2D eigenvalue weighted by Gasteiger charge is -2.24. The lowest BCUT2D eigenvalue weighted by atomic mass is 10.2. The van der Waals surface area contributed by atoms with Crippen LogP contribution in [0.4, 0.5) is 5.69 Å². The van der Waals surface area contributed by atoms with Crippen LogP contribution in [-0.4, -0.2) is 41.3 Å². The standard InChI is InChI=1S/C17H24N2O2S/c1-12-4-8-15(9-5-12)18-16(20)10-22-11-17(21)19(3)13(2)14-6-7-14/h4-5,8-9,13-14H,6-7,10-11H2,1-3H3,(H,18,20). The maximum absolute atomic E-state index is 12.1. The van der Waals surface area contributed by atoms with Crippen LogP contribution in [0.5, 0.6) is 0 Å². The molecule has 5 heteroatoms. The second-order valence-electron chi connectivity index (χ2n) is 5.99. The van der Waals surface area contributed by atoms with E-state index in [1.807, 2.05) is 43.1 Å². The molecule has 1 fully saturated rings. The van der Waals surface area contributed by atoms with Gasteiger partial charge in [-0.15, -0.1) is 11.8 Å². The molecule has 0 spiro atoms. The third-order valence-corrected chi connectivity index (χ3v) is 5.02. The number of nitrogens with one attached hydrogen (secondary N) is 1. The average molecular weight is 320 g/mol. The minimum absolute atomic E-state index is 0.0699. The summed E-state index contributed by atoms with van der Waals surface area (Å²) >= 11 is 1.37. The normalized spacial score (nSPS) is 15.2. The van der Waals surface area contributed by atoms with Crippen molar-refractivity contribution in [3.05, 3.63) is 29.8 Å². The number of carbonyl (C=O) groups is 2. The van der Waals surface area contributed by atoms with E-state index in [1.165, 1.54) is 24.6 Å². The number of carbonyl (C=O) groups excluding carboxylic acids is 2. The predicted octanol–water partition coefficient (Wildman–Crippen LogP) is 2.92. The Morgan fingerprint density at radius 3 is 2.50 bits per heavy atom. The number of benzene rings is 1. The van der Waals surface area contributed by atoms with E-state index < -0.39 is 0 Å². The summed E-state index contributed by atoms with van der Waals surface area (Å²) in [4.78, 5) is 25.7. The molecule has 2 rings (SSSR count). The van der Waals surface area contributed by atoms with Crippen LogP contribution in [-0.2, 0) is 9.59 Å². The van der Waals surface area contributed by atoms with Crippen molar-refractivity contribution in [3.63, 3.8) is 0 Å². The summed E-state index contributed by atoms with van der Waals surface area (Å²) in [6.07, 6.45) is 2.45. The Bertz CT molecular complexity index is 526. The summed E-state index contributed by atoms with van der Waals surface area (Å²) in [5.74, 6) is 1.36. The zero-order valence-corrected chi connectivity index (χ0v) is 14.3. The molecule has 1 aromatic rings. The van der Waals surface area contributed by atoms with Gasteiger partial charge in [0.1, 0.15) is 0 Å². The minimum Gasteiger partial charge on any atom is -0.342 e. The number of nitrogens with zero attached hydrogens (tertiary/aromatic N) is 1. The monoisotopic (exact) mass is 320 g/mol. The first kappa shape index (κ1) is 16.9. The molecule has 0 heterocycles. The van der Waals surface area contributed by atoms with Crippen LogP contribution < -0.4 is 5.32 Å². The van der Waals surface area contributed by atoms with Gasteiger partial charge in [0.15, 0.2) is 0 Å². The Hall–Kier alpha value is -1.49. The fourth-order valence-corrected chi connectivity index (χ4v) is 3.03. The van der Waals surface area contributed by atoms with Gasteiger partial charge in [-0.05, 0) is 44.7 Å². The van der Waals surface area contributed by atoms with Gasteiger partial charge in [-0.1, -0.05) is 17.7 Å². The summed E-state index contributed by atoms with van der Waals surface area (Å²) in [5, 5.41) is 2.84. The van der Waals surface area contributed by atoms with Crippen LogP contribution in [0.2, 0.25) is 0 Å². The van der Waals surface area contributed by atoms with Crippen LogP contribution in [0, 0.1) is 12.8 Å². The van der Waals surface area contributed by atoms with Gasteiger partial charge in [0, 0.05) is 18.8 Å². The first-order chi connectivity index (χ1) is 10.5. The average Bonchev–Trinajstić information content (AvgIpc) is 3.32. The molecule has 120 valence electrons. The zero-order chi connectivity index (χ0) is 16.1. The second kappa shape index (κ2) is 7.68. The van der Waals surface area contributed by atoms with Crippen molar-refractivity contribution in [2.45, 2.75) is 32.7 Å². The van der Waals surface area contributed by atoms with Gasteiger partial charge in [-0.2, -0.15) is 0 Å². The number of rotatable bonds is 7. The Morgan fingerprint density at radius 1 is 1.27 bits per heavy atom. The van der Waals surface area contributed by atoms with Gasteiger partial charge in [-0.25, -0.2) is 0 Å². The largest absolute Gasteiger partial charge is 0.342 e. The van der Waals surface area contributed by atoms with Crippen molar-refractivity contribution in [1.82, 2.24) is 4.90 Å². The molecule has 0 aliphatic heterocycles. The summed E-state index contributed by atoms with van der Waals surface area (Å²) in [5.41, 5.74) is 1.95. The molecule has 4 nitrogen and oxygen atoms in total. The molecule has 0 radical (unpaired) electrons. The van der Waals surface area contributed by atoms with Crippen molar-refractivity contribution < 1.29 is 9.59 Å². The molecular weight excluding hydrogens is 296 g/mol. The SMILES string of the molecule is Cc1ccc(NC(=O)CSCC(=O)N(C)C(C)C2CC2)cc1. The molecule has 1 aromatic carbocycles. The third-order valence-electron chi connectivity index (χ3n) is 4.10. The smallest absolute Gasteiger partial charge is 0.234 e. The highest BCUT2D eigenvalue weighted by Crippen LogP contribution is 2.34. The van der Waals surface area contributed by atoms with Gasteiger partial charge < -0.3 is 10.2 Å². The molecular formula is C17H24N2O2S. The van der Waals surface area contributed by atoms with Gasteiger partial charge >= 0.3 is 0 Å². The minimum atomic E-state index is -0.0699. The Labute approximate surface area is 136 Å². The van der Waals surface area contributed by atoms with E-state index in [1.54, 1.807) is 0 Å². The van der Waals surface area contributed by atoms with Gasteiger partial charge in [0.25, 0.3) is 0 Å². The highest BCUT2D eigenvalue weighted by Gasteiger charge is 2.32. The molecule has 1 atom stereocenters. The van der Waals surface area contributed by atoms with Gasteiger partial charge in [0.2, 0.25) is 11.8 Å². The summed E-state index contributed by atoms with van der Waals surface area (Å²) < 4.78 is 0. The molecule has 0 bridgehead atoms. The van der Waals surface area contributed by atoms with Crippen molar-refractivity contribution in [3.8, 4) is 0 Å². The van der Waals surface area contributed by atoms with Gasteiger partial charge in [0.05, 0.1) is 11.5 Å². The molecule has 1 unspecified atom stereocenters. The molecule has 1 saturated carbocycles. The Balaban J connectivity index is 1.67. The van der Waals surface area contributed by atoms with E-state index >= 15 is 0 Å². The number of amides is 2. The van der Waals surface area contributed by atoms with E-state index in [4.69, 9.17) is 0 Å². The van der Waals surface area contributed by atoms with E-state index in [0.717, 1.165) is 11.3 Å². The highest BCUT2D eigenvalue weighted by atomic mass is 32.2. The summed E-state index contributed by atoms with van der Waals surface area (Å²) in [6.45, 7) is 4.11. The number of aryl methyl sites for hydroxylation is 1. The number of hydrogen-bond donors (Lipinski definition) is 1. The maximum Gasteiger partial charge on any atom is 0.234 e. The van der Waals surface area contributed by atoms with Crippen LogP contribution in [0.3, 0.4) is 0 Å². The molecule has 1 N–H and O–H groups in total. The van der Waals surface area contributed by atoms with E-state index in [-0.39, 0.29) is 11.8 Å². The van der Waals surface area contributed by atoms with Crippen molar-refractivity contribution in [2.24, 2.45) is 5.92 Å². The number of hydrogen-bond acceptors (Lipinski definition) is 3. The molecule has 2 amide bonds. The van der Waals surface area contributed by atoms with Crippen molar-refractivity contribution in [1.29, 1.82) is 0 Å². The Kier molecular flexibility index (Phi) is 5.89. The van der Waals surface area contributed by atoms with E-state index in [9.17, 15) is 9.59 Å². The summed E-state index contributed by atoms with van der Waals surface area (Å²) in [7, 11) is 1.86. The van der Waals surface area contributed by atoms with Crippen molar-refractivity contribution >= 4 is 29.3 Å². The Morgan fingerprint density at radius 2 is 1.91 bits per heavy atom. The first-order valence-electron chi connectivity index (χ1n) is 7.67. The van der Waals surface area contributed by atoms with Crippen LogP contribution in [0.15, 0.2) is 24.3 Å². The molecule has 1 aliphatic carbocycles. The third kappa shape index (κ3) is 5.05. The molecule has 0 aromatic heterocycles. The van der Waals surface area contributed by atoms with E-state index in [2.05, 4.69) is 12.2 Å². The quantitative estimate of drug-likeness (QED) is 0.840.